The molecule has 1 fully saturated rings. The lowest BCUT2D eigenvalue weighted by molar-refractivity contribution is -0.138. The highest BCUT2D eigenvalue weighted by atomic mass is 19.4. The van der Waals surface area contributed by atoms with E-state index in [-0.39, 0.29) is 5.56 Å². The van der Waals surface area contributed by atoms with Crippen molar-refractivity contribution in [3.8, 4) is 0 Å². The van der Waals surface area contributed by atoms with E-state index in [1.165, 1.54) is 0 Å². The number of hydrogen-bond acceptors (Lipinski definition) is 5. The summed E-state index contributed by atoms with van der Waals surface area (Å²) in [6.07, 6.45) is -2.83. The largest absolute Gasteiger partial charge is 0.416 e. The summed E-state index contributed by atoms with van der Waals surface area (Å²) in [5, 5.41) is 9.42. The van der Waals surface area contributed by atoms with E-state index in [9.17, 15) is 18.0 Å². The Labute approximate surface area is 141 Å². The van der Waals surface area contributed by atoms with E-state index in [0.29, 0.717) is 24.7 Å². The third-order valence-electron chi connectivity index (χ3n) is 3.87. The number of nitrogens with zero attached hydrogens (tertiary/aromatic N) is 3. The SMILES string of the molecule is Cc1nc([C@@H]2OCC[C@@H]2NC(=O)Cc2cnccc2C(F)(F)F)n[nH]1. The highest BCUT2D eigenvalue weighted by molar-refractivity contribution is 5.79. The van der Waals surface area contributed by atoms with E-state index in [4.69, 9.17) is 4.74 Å². The summed E-state index contributed by atoms with van der Waals surface area (Å²) in [5.41, 5.74) is -1.03. The van der Waals surface area contributed by atoms with Crippen molar-refractivity contribution in [2.45, 2.75) is 38.1 Å². The maximum atomic E-state index is 13.0. The van der Waals surface area contributed by atoms with Crippen molar-refractivity contribution in [1.82, 2.24) is 25.5 Å². The maximum absolute atomic E-state index is 13.0. The molecule has 0 spiro atoms. The van der Waals surface area contributed by atoms with Crippen LogP contribution in [-0.2, 0) is 22.1 Å². The van der Waals surface area contributed by atoms with Gasteiger partial charge in [0.05, 0.1) is 18.0 Å². The van der Waals surface area contributed by atoms with E-state index >= 15 is 0 Å². The molecule has 2 aromatic heterocycles. The van der Waals surface area contributed by atoms with Crippen molar-refractivity contribution >= 4 is 5.91 Å². The van der Waals surface area contributed by atoms with Crippen molar-refractivity contribution in [2.24, 2.45) is 0 Å². The van der Waals surface area contributed by atoms with Crippen LogP contribution in [-0.4, -0.2) is 38.7 Å². The van der Waals surface area contributed by atoms with Gasteiger partial charge in [0.2, 0.25) is 5.91 Å². The molecule has 1 amide bonds. The van der Waals surface area contributed by atoms with Crippen molar-refractivity contribution in [1.29, 1.82) is 0 Å². The number of alkyl halides is 3. The predicted octanol–water partition coefficient (Wildman–Crippen LogP) is 1.72. The Morgan fingerprint density at radius 3 is 2.96 bits per heavy atom. The van der Waals surface area contributed by atoms with E-state index in [1.807, 2.05) is 0 Å². The fourth-order valence-corrected chi connectivity index (χ4v) is 2.75. The monoisotopic (exact) mass is 355 g/mol. The fraction of sp³-hybridized carbons (Fsp3) is 0.467. The summed E-state index contributed by atoms with van der Waals surface area (Å²) in [6.45, 7) is 2.14. The first-order valence-corrected chi connectivity index (χ1v) is 7.64. The Morgan fingerprint density at radius 2 is 2.28 bits per heavy atom. The van der Waals surface area contributed by atoms with Gasteiger partial charge in [0, 0.05) is 19.0 Å². The fourth-order valence-electron chi connectivity index (χ4n) is 2.75. The summed E-state index contributed by atoms with van der Waals surface area (Å²) in [7, 11) is 0. The molecule has 134 valence electrons. The molecule has 10 heteroatoms. The van der Waals surface area contributed by atoms with Gasteiger partial charge in [0.25, 0.3) is 0 Å². The number of aryl methyl sites for hydroxylation is 1. The minimum Gasteiger partial charge on any atom is -0.368 e. The highest BCUT2D eigenvalue weighted by Crippen LogP contribution is 2.32. The van der Waals surface area contributed by atoms with Crippen molar-refractivity contribution in [3.05, 3.63) is 41.2 Å². The van der Waals surface area contributed by atoms with Crippen LogP contribution in [0.4, 0.5) is 13.2 Å². The molecule has 7 nitrogen and oxygen atoms in total. The zero-order chi connectivity index (χ0) is 18.0. The molecular weight excluding hydrogens is 339 g/mol. The Kier molecular flexibility index (Phi) is 4.71. The molecule has 3 rings (SSSR count). The number of H-pyrrole nitrogens is 1. The second-order valence-electron chi connectivity index (χ2n) is 5.74. The number of hydrogen-bond donors (Lipinski definition) is 2. The molecule has 0 saturated carbocycles. The lowest BCUT2D eigenvalue weighted by Crippen LogP contribution is -2.38. The topological polar surface area (TPSA) is 92.8 Å². The van der Waals surface area contributed by atoms with Crippen LogP contribution in [0.5, 0.6) is 0 Å². The smallest absolute Gasteiger partial charge is 0.368 e. The number of halogens is 3. The minimum absolute atomic E-state index is 0.170. The van der Waals surface area contributed by atoms with Crippen LogP contribution in [0.3, 0.4) is 0 Å². The van der Waals surface area contributed by atoms with Gasteiger partial charge in [-0.15, -0.1) is 0 Å². The third kappa shape index (κ3) is 3.95. The van der Waals surface area contributed by atoms with Gasteiger partial charge in [-0.25, -0.2) is 4.98 Å². The van der Waals surface area contributed by atoms with Gasteiger partial charge in [-0.1, -0.05) is 0 Å². The van der Waals surface area contributed by atoms with Gasteiger partial charge in [0.15, 0.2) is 5.82 Å². The van der Waals surface area contributed by atoms with E-state index in [0.717, 1.165) is 18.5 Å². The normalized spacial score (nSPS) is 20.6. The first-order chi connectivity index (χ1) is 11.8. The molecule has 0 bridgehead atoms. The quantitative estimate of drug-likeness (QED) is 0.871. The number of rotatable bonds is 4. The summed E-state index contributed by atoms with van der Waals surface area (Å²) in [5.74, 6) is 0.490. The van der Waals surface area contributed by atoms with E-state index in [1.54, 1.807) is 6.92 Å². The van der Waals surface area contributed by atoms with Crippen molar-refractivity contribution in [3.63, 3.8) is 0 Å². The number of carbonyl (C=O) groups is 1. The number of carbonyl (C=O) groups excluding carboxylic acids is 1. The summed E-state index contributed by atoms with van der Waals surface area (Å²) >= 11 is 0. The maximum Gasteiger partial charge on any atom is 0.416 e. The van der Waals surface area contributed by atoms with Crippen LogP contribution in [0, 0.1) is 6.92 Å². The molecule has 0 radical (unpaired) electrons. The molecule has 1 aliphatic rings. The molecule has 0 aliphatic carbocycles. The number of pyridine rings is 1. The molecule has 2 atom stereocenters. The number of aromatic amines is 1. The predicted molar refractivity (Wildman–Crippen MR) is 79.3 cm³/mol. The highest BCUT2D eigenvalue weighted by Gasteiger charge is 2.36. The average Bonchev–Trinajstić information content (AvgIpc) is 3.15. The van der Waals surface area contributed by atoms with Gasteiger partial charge in [-0.05, 0) is 25.0 Å². The molecular formula is C15H16F3N5O2. The molecule has 25 heavy (non-hydrogen) atoms. The summed E-state index contributed by atoms with van der Waals surface area (Å²) in [6, 6.07) is 0.467. The zero-order valence-electron chi connectivity index (χ0n) is 13.3. The first-order valence-electron chi connectivity index (χ1n) is 7.64. The summed E-state index contributed by atoms with van der Waals surface area (Å²) < 4.78 is 44.5. The van der Waals surface area contributed by atoms with E-state index < -0.39 is 36.2 Å². The molecule has 1 aliphatic heterocycles. The van der Waals surface area contributed by atoms with Gasteiger partial charge >= 0.3 is 6.18 Å². The van der Waals surface area contributed by atoms with Gasteiger partial charge in [-0.3, -0.25) is 14.9 Å². The number of ether oxygens (including phenoxy) is 1. The Balaban J connectivity index is 1.69. The standard InChI is InChI=1S/C15H16F3N5O2/c1-8-20-14(23-22-8)13-11(3-5-25-13)21-12(24)6-9-7-19-4-2-10(9)15(16,17)18/h2,4,7,11,13H,3,5-6H2,1H3,(H,21,24)(H,20,22,23)/t11-,13+/m0/s1. The average molecular weight is 355 g/mol. The zero-order valence-corrected chi connectivity index (χ0v) is 13.3. The number of aromatic nitrogens is 4. The second kappa shape index (κ2) is 6.79. The van der Waals surface area contributed by atoms with Gasteiger partial charge < -0.3 is 10.1 Å². The van der Waals surface area contributed by atoms with Crippen LogP contribution in [0.15, 0.2) is 18.5 Å². The summed E-state index contributed by atoms with van der Waals surface area (Å²) in [4.78, 5) is 20.1. The Hall–Kier alpha value is -2.49. The van der Waals surface area contributed by atoms with Crippen LogP contribution in [0.1, 0.15) is 35.3 Å². The lowest BCUT2D eigenvalue weighted by Gasteiger charge is -2.18. The van der Waals surface area contributed by atoms with Crippen molar-refractivity contribution in [2.75, 3.05) is 6.61 Å². The van der Waals surface area contributed by atoms with Crippen LogP contribution in [0.2, 0.25) is 0 Å². The van der Waals surface area contributed by atoms with Gasteiger partial charge in [0.1, 0.15) is 11.9 Å². The van der Waals surface area contributed by atoms with Crippen LogP contribution < -0.4 is 5.32 Å². The van der Waals surface area contributed by atoms with Gasteiger partial charge in [-0.2, -0.15) is 18.3 Å². The minimum atomic E-state index is -4.53. The number of nitrogens with one attached hydrogen (secondary N) is 2. The molecule has 2 aromatic rings. The molecule has 2 N–H and O–H groups in total. The molecule has 0 aromatic carbocycles. The van der Waals surface area contributed by atoms with Crippen LogP contribution in [0.25, 0.3) is 0 Å². The Bertz CT molecular complexity index is 762. The Morgan fingerprint density at radius 1 is 1.48 bits per heavy atom. The molecule has 3 heterocycles. The second-order valence-corrected chi connectivity index (χ2v) is 5.74. The molecule has 0 unspecified atom stereocenters. The lowest BCUT2D eigenvalue weighted by atomic mass is 10.1. The van der Waals surface area contributed by atoms with Crippen molar-refractivity contribution < 1.29 is 22.7 Å². The first kappa shape index (κ1) is 17.3. The van der Waals surface area contributed by atoms with E-state index in [2.05, 4.69) is 25.5 Å². The van der Waals surface area contributed by atoms with Crippen LogP contribution >= 0.6 is 0 Å². The molecule has 1 saturated heterocycles. The third-order valence-corrected chi connectivity index (χ3v) is 3.87. The number of amides is 1.